The molecule has 0 bridgehead atoms. The van der Waals surface area contributed by atoms with Crippen molar-refractivity contribution in [2.45, 2.75) is 45.2 Å². The van der Waals surface area contributed by atoms with Crippen LogP contribution in [0.1, 0.15) is 20.8 Å². The minimum atomic E-state index is -0.608. The van der Waals surface area contributed by atoms with E-state index < -0.39 is 17.6 Å². The van der Waals surface area contributed by atoms with E-state index in [9.17, 15) is 9.90 Å². The summed E-state index contributed by atoms with van der Waals surface area (Å²) in [6.07, 6.45) is -1.67. The number of fused-ring (bicyclic) bond motifs is 1. The van der Waals surface area contributed by atoms with Crippen LogP contribution in [0.4, 0.5) is 0 Å². The van der Waals surface area contributed by atoms with Crippen molar-refractivity contribution < 1.29 is 24.1 Å². The highest BCUT2D eigenvalue weighted by Crippen LogP contribution is 2.30. The molecule has 2 aliphatic rings. The molecule has 0 spiro atoms. The van der Waals surface area contributed by atoms with E-state index in [1.807, 2.05) is 0 Å². The van der Waals surface area contributed by atoms with Crippen molar-refractivity contribution in [3.63, 3.8) is 0 Å². The normalized spacial score (nSPS) is 38.5. The van der Waals surface area contributed by atoms with Crippen molar-refractivity contribution in [2.75, 3.05) is 13.2 Å². The van der Waals surface area contributed by atoms with Crippen molar-refractivity contribution in [3.05, 3.63) is 0 Å². The summed E-state index contributed by atoms with van der Waals surface area (Å²) < 4.78 is 16.1. The number of aliphatic hydroxyl groups is 1. The number of rotatable bonds is 1. The first-order valence-electron chi connectivity index (χ1n) is 5.52. The van der Waals surface area contributed by atoms with Gasteiger partial charge in [0.1, 0.15) is 18.3 Å². The Morgan fingerprint density at radius 3 is 2.50 bits per heavy atom. The highest BCUT2D eigenvalue weighted by Gasteiger charge is 2.49. The number of carbonyl (C=O) groups excluding carboxylic acids is 1. The first-order chi connectivity index (χ1) is 7.39. The molecule has 2 fully saturated rings. The molecular weight excluding hydrogens is 212 g/mol. The SMILES string of the molecule is CC(C)(C)C(=O)O[C@@H]1CO[C@H]2[C@@H]1OC[C@@H]2O. The standard InChI is InChI=1S/C11H18O5/c1-11(2,3)10(13)16-7-5-15-8-6(12)4-14-9(7)8/h6-9,12H,4-5H2,1-3H3/t6-,7+,8+,9+/m0/s1. The molecule has 0 aromatic heterocycles. The van der Waals surface area contributed by atoms with Gasteiger partial charge in [0.2, 0.25) is 0 Å². The Labute approximate surface area is 94.7 Å². The van der Waals surface area contributed by atoms with Crippen LogP contribution in [0.25, 0.3) is 0 Å². The summed E-state index contributed by atoms with van der Waals surface area (Å²) >= 11 is 0. The molecule has 2 saturated heterocycles. The smallest absolute Gasteiger partial charge is 0.311 e. The van der Waals surface area contributed by atoms with Gasteiger partial charge >= 0.3 is 5.97 Å². The third-order valence-corrected chi connectivity index (χ3v) is 2.85. The van der Waals surface area contributed by atoms with Gasteiger partial charge in [-0.1, -0.05) is 0 Å². The topological polar surface area (TPSA) is 65.0 Å². The first kappa shape index (κ1) is 11.8. The summed E-state index contributed by atoms with van der Waals surface area (Å²) in [6, 6.07) is 0. The van der Waals surface area contributed by atoms with Crippen LogP contribution < -0.4 is 0 Å². The Balaban J connectivity index is 1.95. The Morgan fingerprint density at radius 2 is 1.88 bits per heavy atom. The number of esters is 1. The molecule has 1 N–H and O–H groups in total. The fourth-order valence-corrected chi connectivity index (χ4v) is 1.86. The lowest BCUT2D eigenvalue weighted by Gasteiger charge is -2.22. The van der Waals surface area contributed by atoms with Crippen LogP contribution in [0.2, 0.25) is 0 Å². The molecule has 0 unspecified atom stereocenters. The summed E-state index contributed by atoms with van der Waals surface area (Å²) in [5.41, 5.74) is -0.532. The monoisotopic (exact) mass is 230 g/mol. The number of carbonyl (C=O) groups is 1. The van der Waals surface area contributed by atoms with E-state index in [0.717, 1.165) is 0 Å². The fraction of sp³-hybridized carbons (Fsp3) is 0.909. The largest absolute Gasteiger partial charge is 0.457 e. The van der Waals surface area contributed by atoms with Gasteiger partial charge in [-0.3, -0.25) is 4.79 Å². The van der Waals surface area contributed by atoms with Gasteiger partial charge < -0.3 is 19.3 Å². The van der Waals surface area contributed by atoms with Gasteiger partial charge in [-0.05, 0) is 20.8 Å². The molecule has 0 aliphatic carbocycles. The fourth-order valence-electron chi connectivity index (χ4n) is 1.86. The molecule has 0 saturated carbocycles. The third-order valence-electron chi connectivity index (χ3n) is 2.85. The van der Waals surface area contributed by atoms with E-state index in [0.29, 0.717) is 6.61 Å². The summed E-state index contributed by atoms with van der Waals surface area (Å²) in [5, 5.41) is 9.52. The van der Waals surface area contributed by atoms with E-state index in [4.69, 9.17) is 14.2 Å². The van der Waals surface area contributed by atoms with E-state index in [1.54, 1.807) is 20.8 Å². The molecule has 2 aliphatic heterocycles. The zero-order valence-electron chi connectivity index (χ0n) is 9.80. The minimum absolute atomic E-state index is 0.249. The number of hydrogen-bond donors (Lipinski definition) is 1. The average molecular weight is 230 g/mol. The molecule has 2 heterocycles. The maximum atomic E-state index is 11.7. The molecule has 2 rings (SSSR count). The zero-order chi connectivity index (χ0) is 11.9. The number of hydrogen-bond acceptors (Lipinski definition) is 5. The van der Waals surface area contributed by atoms with Crippen molar-refractivity contribution in [3.8, 4) is 0 Å². The van der Waals surface area contributed by atoms with Crippen LogP contribution in [-0.4, -0.2) is 48.7 Å². The van der Waals surface area contributed by atoms with E-state index >= 15 is 0 Å². The van der Waals surface area contributed by atoms with Gasteiger partial charge in [-0.2, -0.15) is 0 Å². The van der Waals surface area contributed by atoms with Crippen LogP contribution in [0.3, 0.4) is 0 Å². The van der Waals surface area contributed by atoms with E-state index in [1.165, 1.54) is 0 Å². The molecule has 0 radical (unpaired) electrons. The first-order valence-corrected chi connectivity index (χ1v) is 5.52. The van der Waals surface area contributed by atoms with Gasteiger partial charge in [0.05, 0.1) is 18.6 Å². The third kappa shape index (κ3) is 2.07. The second kappa shape index (κ2) is 3.98. The molecule has 92 valence electrons. The molecular formula is C11H18O5. The second-order valence-corrected chi connectivity index (χ2v) is 5.36. The summed E-state index contributed by atoms with van der Waals surface area (Å²) in [6.45, 7) is 5.94. The maximum absolute atomic E-state index is 11.7. The van der Waals surface area contributed by atoms with Crippen LogP contribution in [0, 0.1) is 5.41 Å². The summed E-state index contributed by atoms with van der Waals surface area (Å²) in [4.78, 5) is 11.7. The molecule has 5 heteroatoms. The zero-order valence-corrected chi connectivity index (χ0v) is 9.80. The molecule has 0 amide bonds. The van der Waals surface area contributed by atoms with Gasteiger partial charge in [-0.25, -0.2) is 0 Å². The quantitative estimate of drug-likeness (QED) is 0.647. The van der Waals surface area contributed by atoms with Crippen molar-refractivity contribution in [1.29, 1.82) is 0 Å². The van der Waals surface area contributed by atoms with Crippen LogP contribution in [0.5, 0.6) is 0 Å². The maximum Gasteiger partial charge on any atom is 0.311 e. The Hall–Kier alpha value is -0.650. The minimum Gasteiger partial charge on any atom is -0.457 e. The lowest BCUT2D eigenvalue weighted by atomic mass is 9.97. The molecule has 5 nitrogen and oxygen atoms in total. The van der Waals surface area contributed by atoms with E-state index in [-0.39, 0.29) is 24.8 Å². The molecule has 0 aromatic rings. The Morgan fingerprint density at radius 1 is 1.25 bits per heavy atom. The van der Waals surface area contributed by atoms with E-state index in [2.05, 4.69) is 0 Å². The van der Waals surface area contributed by atoms with Gasteiger partial charge in [0.15, 0.2) is 6.10 Å². The molecule has 4 atom stereocenters. The van der Waals surface area contributed by atoms with Crippen molar-refractivity contribution >= 4 is 5.97 Å². The highest BCUT2D eigenvalue weighted by atomic mass is 16.6. The summed E-state index contributed by atoms with van der Waals surface area (Å²) in [7, 11) is 0. The molecule has 16 heavy (non-hydrogen) atoms. The van der Waals surface area contributed by atoms with Crippen LogP contribution >= 0.6 is 0 Å². The van der Waals surface area contributed by atoms with Gasteiger partial charge in [0.25, 0.3) is 0 Å². The average Bonchev–Trinajstić information content (AvgIpc) is 2.70. The lowest BCUT2D eigenvalue weighted by Crippen LogP contribution is -2.37. The number of aliphatic hydroxyl groups excluding tert-OH is 1. The van der Waals surface area contributed by atoms with Crippen molar-refractivity contribution in [2.24, 2.45) is 5.41 Å². The Kier molecular flexibility index (Phi) is 2.94. The van der Waals surface area contributed by atoms with Gasteiger partial charge in [0, 0.05) is 0 Å². The highest BCUT2D eigenvalue weighted by molar-refractivity contribution is 5.75. The van der Waals surface area contributed by atoms with Gasteiger partial charge in [-0.15, -0.1) is 0 Å². The number of ether oxygens (including phenoxy) is 3. The van der Waals surface area contributed by atoms with Crippen LogP contribution in [-0.2, 0) is 19.0 Å². The predicted molar refractivity (Wildman–Crippen MR) is 54.8 cm³/mol. The van der Waals surface area contributed by atoms with Crippen molar-refractivity contribution in [1.82, 2.24) is 0 Å². The van der Waals surface area contributed by atoms with Crippen LogP contribution in [0.15, 0.2) is 0 Å². The second-order valence-electron chi connectivity index (χ2n) is 5.36. The summed E-state index contributed by atoms with van der Waals surface area (Å²) in [5.74, 6) is -0.272. The Bertz CT molecular complexity index is 283. The molecule has 0 aromatic carbocycles. The lowest BCUT2D eigenvalue weighted by molar-refractivity contribution is -0.163. The predicted octanol–water partition coefficient (Wildman–Crippen LogP) is 0.103.